The van der Waals surface area contributed by atoms with Crippen molar-refractivity contribution in [3.05, 3.63) is 82.9 Å². The fraction of sp³-hybridized carbons (Fsp3) is 0. The minimum absolute atomic E-state index is 0.140. The zero-order chi connectivity index (χ0) is 22.0. The van der Waals surface area contributed by atoms with Crippen molar-refractivity contribution in [2.75, 3.05) is 0 Å². The Morgan fingerprint density at radius 1 is 0.567 bits per heavy atom. The quantitative estimate of drug-likeness (QED) is 0.418. The highest BCUT2D eigenvalue weighted by Gasteiger charge is 2.29. The van der Waals surface area contributed by atoms with E-state index in [1.807, 2.05) is 0 Å². The monoisotopic (exact) mass is 422 g/mol. The predicted octanol–water partition coefficient (Wildman–Crippen LogP) is 5.22. The van der Waals surface area contributed by atoms with Crippen molar-refractivity contribution in [2.45, 2.75) is 0 Å². The first-order valence-electron chi connectivity index (χ1n) is 8.07. The van der Waals surface area contributed by atoms with Gasteiger partial charge in [-0.15, -0.1) is 0 Å². The van der Waals surface area contributed by atoms with Crippen molar-refractivity contribution < 1.29 is 46.8 Å². The highest BCUT2D eigenvalue weighted by Crippen LogP contribution is 2.38. The molecule has 2 N–H and O–H groups in total. The van der Waals surface area contributed by atoms with Crippen LogP contribution in [0.15, 0.2) is 48.5 Å². The maximum atomic E-state index is 14.3. The third-order valence-electron chi connectivity index (χ3n) is 3.83. The van der Waals surface area contributed by atoms with Gasteiger partial charge in [-0.2, -0.15) is 17.6 Å². The lowest BCUT2D eigenvalue weighted by Gasteiger charge is -2.13. The number of benzene rings is 3. The van der Waals surface area contributed by atoms with Gasteiger partial charge < -0.3 is 19.7 Å². The molecule has 3 aromatic rings. The predicted molar refractivity (Wildman–Crippen MR) is 93.2 cm³/mol. The molecule has 0 bridgehead atoms. The van der Waals surface area contributed by atoms with Crippen molar-refractivity contribution in [3.63, 3.8) is 0 Å². The van der Waals surface area contributed by atoms with E-state index in [2.05, 4.69) is 0 Å². The average Bonchev–Trinajstić information content (AvgIpc) is 2.73. The third kappa shape index (κ3) is 4.02. The van der Waals surface area contributed by atoms with Crippen molar-refractivity contribution in [1.29, 1.82) is 0 Å². The standard InChI is InChI=1S/C20H10F4O6/c21-13-15(23)18(30-12-7-3-10(4-8-12)20(27)28)16(24)14(22)17(13)29-11-5-1-9(2-6-11)19(25)26/h1-8H,(H,25,26)(H,27,28). The summed E-state index contributed by atoms with van der Waals surface area (Å²) in [6, 6.07) is 8.46. The minimum atomic E-state index is -1.88. The molecular weight excluding hydrogens is 412 g/mol. The fourth-order valence-electron chi connectivity index (χ4n) is 2.34. The smallest absolute Gasteiger partial charge is 0.335 e. The number of hydrogen-bond acceptors (Lipinski definition) is 4. The van der Waals surface area contributed by atoms with Crippen LogP contribution in [0.3, 0.4) is 0 Å². The molecule has 154 valence electrons. The molecule has 0 aliphatic rings. The van der Waals surface area contributed by atoms with E-state index in [4.69, 9.17) is 19.7 Å². The van der Waals surface area contributed by atoms with E-state index in [1.165, 1.54) is 0 Å². The van der Waals surface area contributed by atoms with Gasteiger partial charge in [0.1, 0.15) is 11.5 Å². The Morgan fingerprint density at radius 2 is 0.833 bits per heavy atom. The molecule has 0 aliphatic carbocycles. The van der Waals surface area contributed by atoms with Crippen LogP contribution in [0.5, 0.6) is 23.0 Å². The van der Waals surface area contributed by atoms with E-state index < -0.39 is 46.7 Å². The van der Waals surface area contributed by atoms with Crippen LogP contribution in [0.1, 0.15) is 20.7 Å². The molecular formula is C20H10F4O6. The maximum Gasteiger partial charge on any atom is 0.335 e. The summed E-state index contributed by atoms with van der Waals surface area (Å²) in [7, 11) is 0. The molecule has 30 heavy (non-hydrogen) atoms. The molecule has 0 spiro atoms. The zero-order valence-corrected chi connectivity index (χ0v) is 14.7. The van der Waals surface area contributed by atoms with Crippen molar-refractivity contribution in [1.82, 2.24) is 0 Å². The lowest BCUT2D eigenvalue weighted by atomic mass is 10.2. The molecule has 3 aromatic carbocycles. The number of halogens is 4. The number of hydrogen-bond donors (Lipinski definition) is 2. The molecule has 3 rings (SSSR count). The Labute approximate surface area is 165 Å². The summed E-state index contributed by atoms with van der Waals surface area (Å²) < 4.78 is 66.9. The molecule has 0 unspecified atom stereocenters. The average molecular weight is 422 g/mol. The van der Waals surface area contributed by atoms with Gasteiger partial charge >= 0.3 is 11.9 Å². The van der Waals surface area contributed by atoms with E-state index in [1.54, 1.807) is 0 Å². The van der Waals surface area contributed by atoms with Gasteiger partial charge in [-0.25, -0.2) is 9.59 Å². The van der Waals surface area contributed by atoms with E-state index >= 15 is 0 Å². The van der Waals surface area contributed by atoms with Gasteiger partial charge in [-0.05, 0) is 48.5 Å². The molecule has 0 radical (unpaired) electrons. The van der Waals surface area contributed by atoms with Gasteiger partial charge in [0.05, 0.1) is 11.1 Å². The molecule has 0 saturated carbocycles. The van der Waals surface area contributed by atoms with Crippen LogP contribution in [-0.2, 0) is 0 Å². The van der Waals surface area contributed by atoms with Crippen LogP contribution in [0, 0.1) is 23.3 Å². The lowest BCUT2D eigenvalue weighted by Crippen LogP contribution is -2.04. The van der Waals surface area contributed by atoms with Crippen molar-refractivity contribution >= 4 is 11.9 Å². The van der Waals surface area contributed by atoms with Crippen LogP contribution >= 0.6 is 0 Å². The van der Waals surface area contributed by atoms with Crippen LogP contribution in [0.4, 0.5) is 17.6 Å². The lowest BCUT2D eigenvalue weighted by molar-refractivity contribution is 0.0686. The first-order chi connectivity index (χ1) is 14.2. The number of aromatic carboxylic acids is 2. The summed E-state index contributed by atoms with van der Waals surface area (Å²) in [5, 5.41) is 17.6. The molecule has 10 heteroatoms. The van der Waals surface area contributed by atoms with Gasteiger partial charge in [0.25, 0.3) is 0 Å². The summed E-state index contributed by atoms with van der Waals surface area (Å²) in [6.45, 7) is 0. The molecule has 0 aliphatic heterocycles. The van der Waals surface area contributed by atoms with Crippen LogP contribution in [-0.4, -0.2) is 22.2 Å². The summed E-state index contributed by atoms with van der Waals surface area (Å²) >= 11 is 0. The molecule has 0 aromatic heterocycles. The highest BCUT2D eigenvalue weighted by atomic mass is 19.2. The van der Waals surface area contributed by atoms with Gasteiger partial charge in [-0.3, -0.25) is 0 Å². The highest BCUT2D eigenvalue weighted by molar-refractivity contribution is 5.88. The summed E-state index contributed by atoms with van der Waals surface area (Å²) in [4.78, 5) is 21.6. The SMILES string of the molecule is O=C(O)c1ccc(Oc2c(F)c(F)c(Oc3ccc(C(=O)O)cc3)c(F)c2F)cc1. The van der Waals surface area contributed by atoms with Crippen LogP contribution < -0.4 is 9.47 Å². The first kappa shape index (κ1) is 20.6. The maximum absolute atomic E-state index is 14.3. The second-order valence-corrected chi connectivity index (χ2v) is 5.78. The van der Waals surface area contributed by atoms with Crippen molar-refractivity contribution in [2.24, 2.45) is 0 Å². The van der Waals surface area contributed by atoms with E-state index in [-0.39, 0.29) is 22.6 Å². The topological polar surface area (TPSA) is 93.1 Å². The molecule has 6 nitrogen and oxygen atoms in total. The van der Waals surface area contributed by atoms with Crippen LogP contribution in [0.25, 0.3) is 0 Å². The van der Waals surface area contributed by atoms with E-state index in [9.17, 15) is 27.2 Å². The van der Waals surface area contributed by atoms with Gasteiger partial charge in [0.2, 0.25) is 34.8 Å². The molecule has 0 fully saturated rings. The number of carboxylic acid groups (broad SMARTS) is 2. The molecule has 0 heterocycles. The number of ether oxygens (including phenoxy) is 2. The zero-order valence-electron chi connectivity index (χ0n) is 14.7. The normalized spacial score (nSPS) is 10.5. The summed E-state index contributed by atoms with van der Waals surface area (Å²) in [5.41, 5.74) is -0.281. The van der Waals surface area contributed by atoms with Gasteiger partial charge in [0, 0.05) is 0 Å². The number of carbonyl (C=O) groups is 2. The molecule has 0 saturated heterocycles. The van der Waals surface area contributed by atoms with E-state index in [0.717, 1.165) is 48.5 Å². The summed E-state index contributed by atoms with van der Waals surface area (Å²) in [6.07, 6.45) is 0. The van der Waals surface area contributed by atoms with E-state index in [0.29, 0.717) is 0 Å². The largest absolute Gasteiger partial charge is 0.478 e. The molecule has 0 atom stereocenters. The van der Waals surface area contributed by atoms with Gasteiger partial charge in [0.15, 0.2) is 0 Å². The second kappa shape index (κ2) is 8.11. The number of carboxylic acids is 2. The first-order valence-corrected chi connectivity index (χ1v) is 8.07. The third-order valence-corrected chi connectivity index (χ3v) is 3.83. The second-order valence-electron chi connectivity index (χ2n) is 5.78. The van der Waals surface area contributed by atoms with Gasteiger partial charge in [-0.1, -0.05) is 0 Å². The molecule has 0 amide bonds. The Balaban J connectivity index is 1.93. The fourth-order valence-corrected chi connectivity index (χ4v) is 2.34. The minimum Gasteiger partial charge on any atom is -0.478 e. The summed E-state index contributed by atoms with van der Waals surface area (Å²) in [5.74, 6) is -13.3. The Bertz CT molecular complexity index is 1010. The van der Waals surface area contributed by atoms with Crippen LogP contribution in [0.2, 0.25) is 0 Å². The Kier molecular flexibility index (Phi) is 5.58. The Morgan fingerprint density at radius 3 is 1.07 bits per heavy atom. The Hall–Kier alpha value is -4.08. The van der Waals surface area contributed by atoms with Crippen molar-refractivity contribution in [3.8, 4) is 23.0 Å². The number of rotatable bonds is 6.